The molecular weight excluding hydrogens is 1770 g/mol. The Hall–Kier alpha value is -19.8. The molecule has 9 aromatic heterocycles. The van der Waals surface area contributed by atoms with E-state index >= 15 is 0 Å². The Labute approximate surface area is 859 Å². The van der Waals surface area contributed by atoms with Crippen LogP contribution in [0.5, 0.6) is 0 Å². The summed E-state index contributed by atoms with van der Waals surface area (Å²) >= 11 is 0. The van der Waals surface area contributed by atoms with Crippen molar-refractivity contribution in [1.82, 2.24) is 58.6 Å². The first-order valence-corrected chi connectivity index (χ1v) is 46.0. The second kappa shape index (κ2) is 34.1. The highest BCUT2D eigenvalue weighted by molar-refractivity contribution is 6.20. The van der Waals surface area contributed by atoms with Crippen LogP contribution in [0.1, 0.15) is 35.6 Å². The number of para-hydroxylation sites is 6. The Morgan fingerprint density at radius 3 is 1.00 bits per heavy atom. The van der Waals surface area contributed by atoms with Gasteiger partial charge in [0, 0.05) is 133 Å². The van der Waals surface area contributed by atoms with E-state index in [1.807, 2.05) is 259 Å². The van der Waals surface area contributed by atoms with Crippen LogP contribution in [-0.2, 0) is 0 Å². The molecule has 0 bridgehead atoms. The van der Waals surface area contributed by atoms with Gasteiger partial charge in [0.1, 0.15) is 33.5 Å². The highest BCUT2D eigenvalue weighted by Crippen LogP contribution is 2.48. The standard InChI is InChI=1S/3C43H26N4O/c3*1-3-13-27(14-4-1)41-44-42(28-15-5-2-6-16-28)46-43(45-41)35-25-31(26-39-40(35)33-20-10-12-22-38(33)48-39)47-36-21-11-9-19-32(36)34-23-29-17-7-8-18-30(29)24-37(34)47/h3*1-26H/i7D,8D,9D,11D,17D,18D,19D,21D,23D,24D;1D,2D,3D,4D,5D,6D,13D,14D,15D,16D;10D,12D,20D,22D,25D,26D. The molecule has 0 N–H and O–H groups in total. The van der Waals surface area contributed by atoms with Gasteiger partial charge in [0.05, 0.1) is 85.8 Å². The van der Waals surface area contributed by atoms with Crippen LogP contribution in [0.2, 0.25) is 0 Å². The van der Waals surface area contributed by atoms with E-state index in [1.165, 1.54) is 4.57 Å². The molecule has 0 amide bonds. The van der Waals surface area contributed by atoms with Gasteiger partial charge >= 0.3 is 0 Å². The van der Waals surface area contributed by atoms with E-state index in [9.17, 15) is 6.85 Å². The number of nitrogens with zero attached hydrogens (tertiary/aromatic N) is 12. The van der Waals surface area contributed by atoms with E-state index < -0.39 is 127 Å². The minimum Gasteiger partial charge on any atom is -0.456 e. The third-order valence-corrected chi connectivity index (χ3v) is 25.8. The number of fused-ring (bicyclic) bond motifs is 21. The van der Waals surface area contributed by atoms with Gasteiger partial charge in [-0.3, -0.25) is 0 Å². The van der Waals surface area contributed by atoms with Crippen molar-refractivity contribution in [2.45, 2.75) is 0 Å². The largest absolute Gasteiger partial charge is 0.456 e. The molecule has 9 heterocycles. The SMILES string of the molecule is [2H]c1c([2H])c([2H])c(-c2nc(-c3c([2H])c([2H])c([2H])c([2H])c3[2H])nc(-c3cc(-n4c5ccccc5c5cc6ccccc6cc54)cc4oc5ccccc5c34)n2)c([2H])c1[2H].[2H]c1c([2H])c([2H])c2c([2H])c3c(c([2H])c2c1[2H])c1c([2H])c([2H])c([2H])c([2H])c1n3-c1cc(-c2nc(-c3ccccc3)nc(-c3ccccc3)n2)c2c(c1)oc1ccccc12.[2H]c1c([2H])c([2H])c2c(oc3c([2H])c(-n4c5ccccc5c5cc6ccccc6cc54)c([2H])c(-c4nc(-c5ccccc5)nc(-c5ccccc5)n4)c32)c1[2H]. The number of hydrogen-bond donors (Lipinski definition) is 0. The van der Waals surface area contributed by atoms with Crippen LogP contribution in [0.4, 0.5) is 0 Å². The summed E-state index contributed by atoms with van der Waals surface area (Å²) in [4.78, 5) is 43.7. The zero-order valence-electron chi connectivity index (χ0n) is 101. The molecule has 0 fully saturated rings. The van der Waals surface area contributed by atoms with Crippen molar-refractivity contribution in [3.63, 3.8) is 0 Å². The van der Waals surface area contributed by atoms with Crippen molar-refractivity contribution < 1.29 is 48.9 Å². The molecule has 0 aliphatic heterocycles. The zero-order valence-corrected chi connectivity index (χ0v) is 75.1. The molecule has 15 nitrogen and oxygen atoms in total. The van der Waals surface area contributed by atoms with Gasteiger partial charge in [-0.2, -0.15) is 0 Å². The molecule has 144 heavy (non-hydrogen) atoms. The topological polar surface area (TPSA) is 170 Å². The summed E-state index contributed by atoms with van der Waals surface area (Å²) in [5.41, 5.74) is 9.46. The van der Waals surface area contributed by atoms with Crippen molar-refractivity contribution in [3.05, 3.63) is 473 Å². The lowest BCUT2D eigenvalue weighted by Crippen LogP contribution is -2.01. The minimum absolute atomic E-state index is 0.00680. The van der Waals surface area contributed by atoms with Gasteiger partial charge in [0.15, 0.2) is 52.4 Å². The van der Waals surface area contributed by atoms with Gasteiger partial charge in [-0.25, -0.2) is 44.9 Å². The van der Waals surface area contributed by atoms with Crippen molar-refractivity contribution in [2.75, 3.05) is 0 Å². The fraction of sp³-hybridized carbons (Fsp3) is 0. The number of hydrogen-bond acceptors (Lipinski definition) is 12. The minimum atomic E-state index is -0.619. The van der Waals surface area contributed by atoms with Crippen molar-refractivity contribution in [3.8, 4) is 120 Å². The van der Waals surface area contributed by atoms with Gasteiger partial charge in [0.2, 0.25) is 0 Å². The quantitative estimate of drug-likeness (QED) is 0.114. The molecule has 30 rings (SSSR count). The maximum atomic E-state index is 10.1. The predicted octanol–water partition coefficient (Wildman–Crippen LogP) is 33.1. The first kappa shape index (κ1) is 60.1. The van der Waals surface area contributed by atoms with E-state index in [-0.39, 0.29) is 142 Å². The molecule has 0 aliphatic rings. The summed E-state index contributed by atoms with van der Waals surface area (Å²) in [5.74, 6) is 1.11. The lowest BCUT2D eigenvalue weighted by atomic mass is 10.0. The van der Waals surface area contributed by atoms with Gasteiger partial charge in [-0.1, -0.05) is 364 Å². The van der Waals surface area contributed by atoms with E-state index in [4.69, 9.17) is 81.9 Å². The summed E-state index contributed by atoms with van der Waals surface area (Å²) in [5, 5.41) is 10.4. The lowest BCUT2D eigenvalue weighted by Gasteiger charge is -2.13. The highest BCUT2D eigenvalue weighted by atomic mass is 16.3. The van der Waals surface area contributed by atoms with Crippen LogP contribution in [0.3, 0.4) is 0 Å². The smallest absolute Gasteiger partial charge is 0.164 e. The second-order valence-electron chi connectivity index (χ2n) is 34.2. The van der Waals surface area contributed by atoms with Crippen LogP contribution in [-0.4, -0.2) is 58.6 Å². The normalized spacial score (nSPS) is 14.3. The van der Waals surface area contributed by atoms with Crippen LogP contribution in [0, 0.1) is 0 Å². The molecule has 21 aromatic carbocycles. The van der Waals surface area contributed by atoms with E-state index in [0.717, 1.165) is 81.7 Å². The Balaban J connectivity index is 0.000000118. The first-order valence-electron chi connectivity index (χ1n) is 59.0. The Morgan fingerprint density at radius 1 is 0.174 bits per heavy atom. The maximum absolute atomic E-state index is 10.1. The molecular formula is C129H78N12O3. The molecule has 0 saturated carbocycles. The maximum Gasteiger partial charge on any atom is 0.164 e. The number of benzene rings is 21. The summed E-state index contributed by atoms with van der Waals surface area (Å²) in [7, 11) is 0. The average Bonchev–Trinajstić information content (AvgIpc) is 1.53. The zero-order chi connectivity index (χ0) is 117. The van der Waals surface area contributed by atoms with Crippen LogP contribution < -0.4 is 0 Å². The summed E-state index contributed by atoms with van der Waals surface area (Å²) in [6.07, 6.45) is 0. The summed E-state index contributed by atoms with van der Waals surface area (Å²) in [6.45, 7) is 0. The van der Waals surface area contributed by atoms with E-state index in [2.05, 4.69) is 58.1 Å². The van der Waals surface area contributed by atoms with E-state index in [1.54, 1.807) is 12.1 Å². The highest BCUT2D eigenvalue weighted by Gasteiger charge is 2.28. The molecule has 0 aliphatic carbocycles. The van der Waals surface area contributed by atoms with Crippen LogP contribution in [0.15, 0.2) is 486 Å². The number of aromatic nitrogens is 12. The fourth-order valence-electron chi connectivity index (χ4n) is 19.4. The second-order valence-corrected chi connectivity index (χ2v) is 34.2. The van der Waals surface area contributed by atoms with Gasteiger partial charge < -0.3 is 27.0 Å². The Morgan fingerprint density at radius 2 is 0.521 bits per heavy atom. The fourth-order valence-corrected chi connectivity index (χ4v) is 19.4. The van der Waals surface area contributed by atoms with Gasteiger partial charge in [-0.15, -0.1) is 0 Å². The van der Waals surface area contributed by atoms with Crippen molar-refractivity contribution in [1.29, 1.82) is 0 Å². The number of furan rings is 3. The van der Waals surface area contributed by atoms with Crippen LogP contribution in [0.25, 0.3) is 283 Å². The third-order valence-electron chi connectivity index (χ3n) is 25.8. The summed E-state index contributed by atoms with van der Waals surface area (Å²) < 4.78 is 254. The lowest BCUT2D eigenvalue weighted by molar-refractivity contribution is 0.668. The summed E-state index contributed by atoms with van der Waals surface area (Å²) in [6, 6.07) is 87.4. The monoisotopic (exact) mass is 1870 g/mol. The Bertz CT molecular complexity index is 11900. The number of rotatable bonds is 12. The molecule has 0 saturated heterocycles. The molecule has 15 heteroatoms. The van der Waals surface area contributed by atoms with Crippen LogP contribution >= 0.6 is 0 Å². The third kappa shape index (κ3) is 14.2. The average molecular weight is 1870 g/mol. The molecule has 672 valence electrons. The van der Waals surface area contributed by atoms with Crippen molar-refractivity contribution >= 4 is 164 Å². The molecule has 30 aromatic rings. The van der Waals surface area contributed by atoms with E-state index in [0.29, 0.717) is 89.7 Å². The molecule has 0 spiro atoms. The van der Waals surface area contributed by atoms with Crippen molar-refractivity contribution in [2.24, 2.45) is 0 Å². The molecule has 0 unspecified atom stereocenters. The molecule has 0 radical (unpaired) electrons. The van der Waals surface area contributed by atoms with Gasteiger partial charge in [-0.05, 0) is 123 Å². The predicted molar refractivity (Wildman–Crippen MR) is 586 cm³/mol. The van der Waals surface area contributed by atoms with Gasteiger partial charge in [0.25, 0.3) is 0 Å². The molecule has 0 atom stereocenters. The first-order chi connectivity index (χ1) is 82.2. The Kier molecular flexibility index (Phi) is 14.2.